The molecule has 110 valence electrons. The molecule has 0 radical (unpaired) electrons. The topological polar surface area (TPSA) is 69.2 Å². The van der Waals surface area contributed by atoms with Gasteiger partial charge in [0, 0.05) is 24.7 Å². The van der Waals surface area contributed by atoms with E-state index in [0.29, 0.717) is 6.54 Å². The van der Waals surface area contributed by atoms with Crippen molar-refractivity contribution >= 4 is 11.8 Å². The minimum absolute atomic E-state index is 0.294. The Balaban J connectivity index is 1.82. The number of benzene rings is 1. The maximum atomic E-state index is 11.1. The van der Waals surface area contributed by atoms with E-state index < -0.39 is 5.97 Å². The molecule has 2 aromatic rings. The predicted molar refractivity (Wildman–Crippen MR) is 81.3 cm³/mol. The molecule has 3 rings (SSSR count). The summed E-state index contributed by atoms with van der Waals surface area (Å²) in [5.41, 5.74) is 3.29. The van der Waals surface area contributed by atoms with Crippen molar-refractivity contribution in [3.8, 4) is 11.3 Å². The Morgan fingerprint density at radius 3 is 3.00 bits per heavy atom. The van der Waals surface area contributed by atoms with Crippen LogP contribution in [0.3, 0.4) is 0 Å². The average molecular weight is 285 g/mol. The Kier molecular flexibility index (Phi) is 3.64. The van der Waals surface area contributed by atoms with Crippen LogP contribution in [0, 0.1) is 12.8 Å². The molecule has 0 bridgehead atoms. The normalized spacial score (nSPS) is 18.7. The molecule has 21 heavy (non-hydrogen) atoms. The maximum Gasteiger partial charge on any atom is 0.308 e. The van der Waals surface area contributed by atoms with Gasteiger partial charge in [0.05, 0.1) is 11.6 Å². The Labute approximate surface area is 123 Å². The number of rotatable bonds is 3. The van der Waals surface area contributed by atoms with Crippen molar-refractivity contribution in [3.63, 3.8) is 0 Å². The van der Waals surface area contributed by atoms with Crippen molar-refractivity contribution in [3.05, 3.63) is 35.9 Å². The third-order valence-electron chi connectivity index (χ3n) is 4.09. The largest absolute Gasteiger partial charge is 0.481 e. The van der Waals surface area contributed by atoms with Gasteiger partial charge in [-0.15, -0.1) is 0 Å². The minimum atomic E-state index is -0.714. The summed E-state index contributed by atoms with van der Waals surface area (Å²) in [6, 6.07) is 10.1. The summed E-state index contributed by atoms with van der Waals surface area (Å²) in [5.74, 6) is -0.175. The van der Waals surface area contributed by atoms with Gasteiger partial charge in [0.2, 0.25) is 0 Å². The third-order valence-corrected chi connectivity index (χ3v) is 4.09. The van der Waals surface area contributed by atoms with Gasteiger partial charge < -0.3 is 10.0 Å². The molecule has 1 aromatic carbocycles. The molecule has 0 amide bonds. The summed E-state index contributed by atoms with van der Waals surface area (Å²) < 4.78 is 0. The zero-order valence-electron chi connectivity index (χ0n) is 12.0. The maximum absolute atomic E-state index is 11.1. The van der Waals surface area contributed by atoms with Crippen LogP contribution in [0.15, 0.2) is 30.3 Å². The highest BCUT2D eigenvalue weighted by Crippen LogP contribution is 2.27. The van der Waals surface area contributed by atoms with Crippen LogP contribution in [0.4, 0.5) is 5.82 Å². The molecule has 0 saturated carbocycles. The molecule has 1 aliphatic heterocycles. The number of H-pyrrole nitrogens is 1. The van der Waals surface area contributed by atoms with Crippen LogP contribution in [0.25, 0.3) is 11.3 Å². The first-order chi connectivity index (χ1) is 10.1. The Bertz CT molecular complexity index is 650. The van der Waals surface area contributed by atoms with E-state index in [9.17, 15) is 4.79 Å². The lowest BCUT2D eigenvalue weighted by molar-refractivity contribution is -0.141. The van der Waals surface area contributed by atoms with Gasteiger partial charge in [0.15, 0.2) is 5.82 Å². The highest BCUT2D eigenvalue weighted by molar-refractivity contribution is 5.72. The molecule has 1 saturated heterocycles. The number of hydrogen-bond donors (Lipinski definition) is 2. The Morgan fingerprint density at radius 2 is 2.24 bits per heavy atom. The van der Waals surface area contributed by atoms with Crippen molar-refractivity contribution in [2.24, 2.45) is 5.92 Å². The third kappa shape index (κ3) is 2.77. The number of carboxylic acid groups (broad SMARTS) is 1. The quantitative estimate of drug-likeness (QED) is 0.909. The number of aromatic amines is 1. The van der Waals surface area contributed by atoms with Gasteiger partial charge in [0.1, 0.15) is 0 Å². The highest BCUT2D eigenvalue weighted by atomic mass is 16.4. The second-order valence-corrected chi connectivity index (χ2v) is 5.58. The summed E-state index contributed by atoms with van der Waals surface area (Å²) >= 11 is 0. The number of carboxylic acids is 1. The molecule has 0 spiro atoms. The Morgan fingerprint density at radius 1 is 1.43 bits per heavy atom. The van der Waals surface area contributed by atoms with E-state index in [0.717, 1.165) is 36.5 Å². The molecule has 1 atom stereocenters. The summed E-state index contributed by atoms with van der Waals surface area (Å²) in [5, 5.41) is 16.6. The van der Waals surface area contributed by atoms with Crippen LogP contribution in [0.2, 0.25) is 0 Å². The number of aryl methyl sites for hydroxylation is 1. The molecule has 1 aliphatic rings. The molecule has 5 nitrogen and oxygen atoms in total. The van der Waals surface area contributed by atoms with Gasteiger partial charge in [0.25, 0.3) is 0 Å². The van der Waals surface area contributed by atoms with Gasteiger partial charge >= 0.3 is 5.97 Å². The fourth-order valence-corrected chi connectivity index (χ4v) is 2.87. The summed E-state index contributed by atoms with van der Waals surface area (Å²) in [7, 11) is 0. The first-order valence-corrected chi connectivity index (χ1v) is 7.24. The second kappa shape index (κ2) is 5.60. The summed E-state index contributed by atoms with van der Waals surface area (Å²) in [4.78, 5) is 13.2. The highest BCUT2D eigenvalue weighted by Gasteiger charge is 2.26. The van der Waals surface area contributed by atoms with Crippen LogP contribution in [-0.2, 0) is 4.79 Å². The van der Waals surface area contributed by atoms with E-state index >= 15 is 0 Å². The average Bonchev–Trinajstić information content (AvgIpc) is 2.97. The molecule has 1 unspecified atom stereocenters. The van der Waals surface area contributed by atoms with Crippen LogP contribution < -0.4 is 4.90 Å². The molecule has 2 N–H and O–H groups in total. The fraction of sp³-hybridized carbons (Fsp3) is 0.375. The Hall–Kier alpha value is -2.30. The first kappa shape index (κ1) is 13.7. The summed E-state index contributed by atoms with van der Waals surface area (Å²) in [6.45, 7) is 3.46. The van der Waals surface area contributed by atoms with Crippen LogP contribution in [0.1, 0.15) is 18.4 Å². The van der Waals surface area contributed by atoms with E-state index in [1.54, 1.807) is 0 Å². The zero-order valence-corrected chi connectivity index (χ0v) is 12.0. The number of aliphatic carboxylic acids is 1. The molecule has 0 aliphatic carbocycles. The number of anilines is 1. The van der Waals surface area contributed by atoms with E-state index in [2.05, 4.69) is 34.2 Å². The van der Waals surface area contributed by atoms with Gasteiger partial charge in [-0.3, -0.25) is 9.89 Å². The lowest BCUT2D eigenvalue weighted by Gasteiger charge is -2.30. The van der Waals surface area contributed by atoms with E-state index in [-0.39, 0.29) is 5.92 Å². The number of hydrogen-bond acceptors (Lipinski definition) is 3. The second-order valence-electron chi connectivity index (χ2n) is 5.58. The van der Waals surface area contributed by atoms with Crippen molar-refractivity contribution < 1.29 is 9.90 Å². The number of piperidine rings is 1. The van der Waals surface area contributed by atoms with Crippen molar-refractivity contribution in [1.29, 1.82) is 0 Å². The molecule has 5 heteroatoms. The van der Waals surface area contributed by atoms with Crippen molar-refractivity contribution in [1.82, 2.24) is 10.2 Å². The number of nitrogens with zero attached hydrogens (tertiary/aromatic N) is 2. The van der Waals surface area contributed by atoms with Crippen LogP contribution >= 0.6 is 0 Å². The van der Waals surface area contributed by atoms with Crippen molar-refractivity contribution in [2.45, 2.75) is 19.8 Å². The van der Waals surface area contributed by atoms with Gasteiger partial charge in [-0.2, -0.15) is 5.10 Å². The minimum Gasteiger partial charge on any atom is -0.481 e. The SMILES string of the molecule is Cc1ccccc1-c1cc(N2CCCC(C(=O)O)C2)n[nH]1. The number of nitrogens with one attached hydrogen (secondary N) is 1. The van der Waals surface area contributed by atoms with Crippen molar-refractivity contribution in [2.75, 3.05) is 18.0 Å². The van der Waals surface area contributed by atoms with E-state index in [1.165, 1.54) is 5.56 Å². The van der Waals surface area contributed by atoms with Crippen LogP contribution in [-0.4, -0.2) is 34.4 Å². The van der Waals surface area contributed by atoms with E-state index in [4.69, 9.17) is 5.11 Å². The molecular formula is C16H19N3O2. The first-order valence-electron chi connectivity index (χ1n) is 7.24. The standard InChI is InChI=1S/C16H19N3O2/c1-11-5-2-3-7-13(11)14-9-15(18-17-14)19-8-4-6-12(10-19)16(20)21/h2-3,5,7,9,12H,4,6,8,10H2,1H3,(H,17,18)(H,20,21). The van der Waals surface area contributed by atoms with E-state index in [1.807, 2.05) is 18.2 Å². The molecule has 2 heterocycles. The molecule has 1 aromatic heterocycles. The lowest BCUT2D eigenvalue weighted by atomic mass is 9.98. The fourth-order valence-electron chi connectivity index (χ4n) is 2.87. The number of carbonyl (C=O) groups is 1. The predicted octanol–water partition coefficient (Wildman–Crippen LogP) is 2.69. The van der Waals surface area contributed by atoms with Gasteiger partial charge in [-0.25, -0.2) is 0 Å². The zero-order chi connectivity index (χ0) is 14.8. The lowest BCUT2D eigenvalue weighted by Crippen LogP contribution is -2.38. The molecular weight excluding hydrogens is 266 g/mol. The smallest absolute Gasteiger partial charge is 0.308 e. The number of aromatic nitrogens is 2. The molecule has 1 fully saturated rings. The van der Waals surface area contributed by atoms with Gasteiger partial charge in [-0.05, 0) is 25.3 Å². The van der Waals surface area contributed by atoms with Gasteiger partial charge in [-0.1, -0.05) is 24.3 Å². The summed E-state index contributed by atoms with van der Waals surface area (Å²) in [6.07, 6.45) is 1.64. The van der Waals surface area contributed by atoms with Crippen LogP contribution in [0.5, 0.6) is 0 Å². The monoisotopic (exact) mass is 285 g/mol.